The summed E-state index contributed by atoms with van der Waals surface area (Å²) in [7, 11) is 1.49. The molecule has 7 nitrogen and oxygen atoms in total. The van der Waals surface area contributed by atoms with Crippen LogP contribution in [-0.4, -0.2) is 41.9 Å². The van der Waals surface area contributed by atoms with Crippen molar-refractivity contribution in [3.05, 3.63) is 12.5 Å². The van der Waals surface area contributed by atoms with Crippen molar-refractivity contribution in [3.8, 4) is 5.75 Å². The van der Waals surface area contributed by atoms with Gasteiger partial charge in [0.15, 0.2) is 11.6 Å². The number of aromatic nitrogens is 2. The Kier molecular flexibility index (Phi) is 3.61. The molecular weight excluding hydrogens is 236 g/mol. The Morgan fingerprint density at radius 3 is 3.11 bits per heavy atom. The number of hydrogen-bond donors (Lipinski definition) is 2. The summed E-state index contributed by atoms with van der Waals surface area (Å²) in [4.78, 5) is 19.6. The van der Waals surface area contributed by atoms with Crippen LogP contribution in [0.25, 0.3) is 0 Å². The van der Waals surface area contributed by atoms with E-state index in [-0.39, 0.29) is 11.6 Å². The van der Waals surface area contributed by atoms with Gasteiger partial charge in [-0.25, -0.2) is 14.8 Å². The zero-order chi connectivity index (χ0) is 13.0. The van der Waals surface area contributed by atoms with Crippen LogP contribution in [0.5, 0.6) is 5.75 Å². The fourth-order valence-corrected chi connectivity index (χ4v) is 1.74. The van der Waals surface area contributed by atoms with Crippen molar-refractivity contribution in [1.82, 2.24) is 15.3 Å². The first-order chi connectivity index (χ1) is 8.63. The molecule has 0 aliphatic carbocycles. The molecule has 1 aromatic heterocycles. The second-order valence-electron chi connectivity index (χ2n) is 4.38. The fraction of sp³-hybridized carbons (Fsp3) is 0.545. The second kappa shape index (κ2) is 5.18. The highest BCUT2D eigenvalue weighted by molar-refractivity contribution is 5.90. The number of nitrogens with zero attached hydrogens (tertiary/aromatic N) is 2. The third-order valence-corrected chi connectivity index (χ3v) is 2.76. The molecule has 0 radical (unpaired) electrons. The summed E-state index contributed by atoms with van der Waals surface area (Å²) in [6.07, 6.45) is 3.63. The van der Waals surface area contributed by atoms with Gasteiger partial charge in [0, 0.05) is 6.61 Å². The third kappa shape index (κ3) is 2.86. The predicted octanol–water partition coefficient (Wildman–Crippen LogP) is 0.786. The monoisotopic (exact) mass is 252 g/mol. The van der Waals surface area contributed by atoms with Crippen molar-refractivity contribution in [2.45, 2.75) is 18.9 Å². The first kappa shape index (κ1) is 12.6. The molecule has 7 heteroatoms. The highest BCUT2D eigenvalue weighted by Crippen LogP contribution is 2.20. The van der Waals surface area contributed by atoms with E-state index in [0.29, 0.717) is 24.8 Å². The standard InChI is InChI=1S/C11H16N4O3/c1-11(3-4-18-6-11)15-10(16)14-9-8(17-2)5-12-7-13-9/h5,7H,3-4,6H2,1-2H3,(H2,12,13,14,15,16). The summed E-state index contributed by atoms with van der Waals surface area (Å²) in [5.74, 6) is 0.757. The first-order valence-corrected chi connectivity index (χ1v) is 5.64. The molecule has 1 aliphatic heterocycles. The van der Waals surface area contributed by atoms with E-state index >= 15 is 0 Å². The minimum Gasteiger partial charge on any atom is -0.491 e. The summed E-state index contributed by atoms with van der Waals surface area (Å²) in [6.45, 7) is 3.12. The van der Waals surface area contributed by atoms with E-state index in [0.717, 1.165) is 6.42 Å². The van der Waals surface area contributed by atoms with Crippen LogP contribution >= 0.6 is 0 Å². The molecule has 2 heterocycles. The Hall–Kier alpha value is -1.89. The number of methoxy groups -OCH3 is 1. The fourth-order valence-electron chi connectivity index (χ4n) is 1.74. The molecular formula is C11H16N4O3. The van der Waals surface area contributed by atoms with Crippen molar-refractivity contribution < 1.29 is 14.3 Å². The Morgan fingerprint density at radius 2 is 2.44 bits per heavy atom. The average Bonchev–Trinajstić information content (AvgIpc) is 2.76. The number of carbonyl (C=O) groups is 1. The van der Waals surface area contributed by atoms with Gasteiger partial charge in [0.2, 0.25) is 0 Å². The van der Waals surface area contributed by atoms with E-state index < -0.39 is 0 Å². The van der Waals surface area contributed by atoms with Crippen LogP contribution in [0.15, 0.2) is 12.5 Å². The van der Waals surface area contributed by atoms with Crippen LogP contribution in [0.2, 0.25) is 0 Å². The van der Waals surface area contributed by atoms with E-state index in [1.165, 1.54) is 19.6 Å². The molecule has 98 valence electrons. The minimum absolute atomic E-state index is 0.329. The van der Waals surface area contributed by atoms with E-state index in [1.807, 2.05) is 6.92 Å². The van der Waals surface area contributed by atoms with Crippen molar-refractivity contribution in [2.24, 2.45) is 0 Å². The van der Waals surface area contributed by atoms with Gasteiger partial charge < -0.3 is 14.8 Å². The smallest absolute Gasteiger partial charge is 0.321 e. The number of urea groups is 1. The Balaban J connectivity index is 1.98. The lowest BCUT2D eigenvalue weighted by molar-refractivity contribution is 0.172. The molecule has 2 N–H and O–H groups in total. The zero-order valence-corrected chi connectivity index (χ0v) is 10.4. The molecule has 1 atom stereocenters. The van der Waals surface area contributed by atoms with Crippen molar-refractivity contribution in [3.63, 3.8) is 0 Å². The zero-order valence-electron chi connectivity index (χ0n) is 10.4. The van der Waals surface area contributed by atoms with Crippen molar-refractivity contribution in [1.29, 1.82) is 0 Å². The number of rotatable bonds is 3. The topological polar surface area (TPSA) is 85.4 Å². The van der Waals surface area contributed by atoms with Gasteiger partial charge >= 0.3 is 6.03 Å². The number of carbonyl (C=O) groups excluding carboxylic acids is 1. The Morgan fingerprint density at radius 1 is 1.61 bits per heavy atom. The predicted molar refractivity (Wildman–Crippen MR) is 64.6 cm³/mol. The summed E-state index contributed by atoms with van der Waals surface area (Å²) < 4.78 is 10.3. The quantitative estimate of drug-likeness (QED) is 0.830. The van der Waals surface area contributed by atoms with Gasteiger partial charge in [-0.1, -0.05) is 0 Å². The molecule has 0 saturated carbocycles. The van der Waals surface area contributed by atoms with Crippen LogP contribution in [-0.2, 0) is 4.74 Å². The summed E-state index contributed by atoms with van der Waals surface area (Å²) in [6, 6.07) is -0.333. The van der Waals surface area contributed by atoms with Gasteiger partial charge in [0.05, 0.1) is 25.5 Å². The van der Waals surface area contributed by atoms with Gasteiger partial charge in [-0.05, 0) is 13.3 Å². The maximum Gasteiger partial charge on any atom is 0.321 e. The van der Waals surface area contributed by atoms with Gasteiger partial charge in [-0.2, -0.15) is 0 Å². The van der Waals surface area contributed by atoms with Crippen molar-refractivity contribution >= 4 is 11.8 Å². The largest absolute Gasteiger partial charge is 0.491 e. The Labute approximate surface area is 105 Å². The highest BCUT2D eigenvalue weighted by atomic mass is 16.5. The lowest BCUT2D eigenvalue weighted by Crippen LogP contribution is -2.48. The molecule has 1 unspecified atom stereocenters. The number of ether oxygens (including phenoxy) is 2. The molecule has 0 spiro atoms. The van der Waals surface area contributed by atoms with E-state index in [9.17, 15) is 4.79 Å². The lowest BCUT2D eigenvalue weighted by Gasteiger charge is -2.23. The van der Waals surface area contributed by atoms with Gasteiger partial charge in [-0.3, -0.25) is 5.32 Å². The van der Waals surface area contributed by atoms with Crippen LogP contribution < -0.4 is 15.4 Å². The number of hydrogen-bond acceptors (Lipinski definition) is 5. The van der Waals surface area contributed by atoms with Crippen LogP contribution in [0, 0.1) is 0 Å². The second-order valence-corrected chi connectivity index (χ2v) is 4.38. The molecule has 2 amide bonds. The maximum atomic E-state index is 11.8. The molecule has 18 heavy (non-hydrogen) atoms. The summed E-state index contributed by atoms with van der Waals surface area (Å²) in [5, 5.41) is 5.50. The van der Waals surface area contributed by atoms with Gasteiger partial charge in [0.1, 0.15) is 6.33 Å². The Bertz CT molecular complexity index is 432. The normalized spacial score (nSPS) is 22.6. The molecule has 2 rings (SSSR count). The molecule has 0 aromatic carbocycles. The average molecular weight is 252 g/mol. The van der Waals surface area contributed by atoms with Gasteiger partial charge in [0.25, 0.3) is 0 Å². The summed E-state index contributed by atoms with van der Waals surface area (Å²) in [5.41, 5.74) is -0.329. The van der Waals surface area contributed by atoms with E-state index in [2.05, 4.69) is 20.6 Å². The minimum atomic E-state index is -0.333. The van der Waals surface area contributed by atoms with E-state index in [4.69, 9.17) is 9.47 Å². The maximum absolute atomic E-state index is 11.8. The van der Waals surface area contributed by atoms with Crippen LogP contribution in [0.1, 0.15) is 13.3 Å². The molecule has 1 aliphatic rings. The van der Waals surface area contributed by atoms with Crippen molar-refractivity contribution in [2.75, 3.05) is 25.6 Å². The number of anilines is 1. The van der Waals surface area contributed by atoms with Gasteiger partial charge in [-0.15, -0.1) is 0 Å². The summed E-state index contributed by atoms with van der Waals surface area (Å²) >= 11 is 0. The highest BCUT2D eigenvalue weighted by Gasteiger charge is 2.31. The first-order valence-electron chi connectivity index (χ1n) is 5.64. The number of amides is 2. The molecule has 1 aromatic rings. The van der Waals surface area contributed by atoms with E-state index in [1.54, 1.807) is 0 Å². The SMILES string of the molecule is COc1cncnc1NC(=O)NC1(C)CCOC1. The molecule has 1 saturated heterocycles. The van der Waals surface area contributed by atoms with Crippen LogP contribution in [0.4, 0.5) is 10.6 Å². The van der Waals surface area contributed by atoms with Crippen LogP contribution in [0.3, 0.4) is 0 Å². The molecule has 1 fully saturated rings. The third-order valence-electron chi connectivity index (χ3n) is 2.76. The molecule has 0 bridgehead atoms. The lowest BCUT2D eigenvalue weighted by atomic mass is 10.0. The number of nitrogens with one attached hydrogen (secondary N) is 2.